The van der Waals surface area contributed by atoms with E-state index in [4.69, 9.17) is 0 Å². The molecule has 1 amide bonds. The molecule has 0 aromatic heterocycles. The summed E-state index contributed by atoms with van der Waals surface area (Å²) >= 11 is 1.11. The van der Waals surface area contributed by atoms with Gasteiger partial charge in [0.2, 0.25) is 5.91 Å². The minimum absolute atomic E-state index is 0.0683. The molecule has 1 fully saturated rings. The van der Waals surface area contributed by atoms with Crippen molar-refractivity contribution in [2.45, 2.75) is 25.2 Å². The zero-order valence-corrected chi connectivity index (χ0v) is 13.8. The van der Waals surface area contributed by atoms with E-state index in [-0.39, 0.29) is 24.1 Å². The predicted molar refractivity (Wildman–Crippen MR) is 83.2 cm³/mol. The maximum absolute atomic E-state index is 13.1. The maximum Gasteiger partial charge on any atom is 0.311 e. The Balaban J connectivity index is 1.97. The van der Waals surface area contributed by atoms with Crippen molar-refractivity contribution in [2.75, 3.05) is 18.8 Å². The summed E-state index contributed by atoms with van der Waals surface area (Å²) in [6, 6.07) is 3.48. The number of amides is 1. The molecule has 1 heterocycles. The summed E-state index contributed by atoms with van der Waals surface area (Å²) in [6.07, 6.45) is 0.432. The van der Waals surface area contributed by atoms with Crippen LogP contribution in [0.3, 0.4) is 0 Å². The normalized spacial score (nSPS) is 21.0. The average molecular weight is 343 g/mol. The van der Waals surface area contributed by atoms with Crippen LogP contribution in [0.15, 0.2) is 23.1 Å². The number of likely N-dealkylation sites (tertiary alicyclic amines) is 1. The first-order valence-corrected chi connectivity index (χ1v) is 8.34. The van der Waals surface area contributed by atoms with E-state index in [1.165, 1.54) is 6.07 Å². The van der Waals surface area contributed by atoms with Crippen LogP contribution in [0.25, 0.3) is 0 Å². The SMILES string of the molecule is CC(C)C1(C(=O)O)CCN(C(=O)CSc2ccc(F)c(F)c2)C1. The Morgan fingerprint density at radius 2 is 2.04 bits per heavy atom. The van der Waals surface area contributed by atoms with Crippen molar-refractivity contribution in [3.63, 3.8) is 0 Å². The molecule has 0 saturated carbocycles. The molecule has 0 spiro atoms. The Morgan fingerprint density at radius 3 is 2.57 bits per heavy atom. The summed E-state index contributed by atoms with van der Waals surface area (Å²) in [4.78, 5) is 25.8. The molecule has 126 valence electrons. The highest BCUT2D eigenvalue weighted by molar-refractivity contribution is 8.00. The van der Waals surface area contributed by atoms with Crippen LogP contribution in [0.2, 0.25) is 0 Å². The molecule has 1 atom stereocenters. The lowest BCUT2D eigenvalue weighted by atomic mass is 9.76. The lowest BCUT2D eigenvalue weighted by molar-refractivity contribution is -0.151. The molecule has 1 aromatic rings. The van der Waals surface area contributed by atoms with E-state index < -0.39 is 23.0 Å². The third kappa shape index (κ3) is 3.65. The van der Waals surface area contributed by atoms with Crippen molar-refractivity contribution in [3.8, 4) is 0 Å². The third-order valence-electron chi connectivity index (χ3n) is 4.44. The smallest absolute Gasteiger partial charge is 0.311 e. The van der Waals surface area contributed by atoms with Gasteiger partial charge in [0.25, 0.3) is 0 Å². The monoisotopic (exact) mass is 343 g/mol. The van der Waals surface area contributed by atoms with Gasteiger partial charge in [0.1, 0.15) is 0 Å². The van der Waals surface area contributed by atoms with Crippen LogP contribution < -0.4 is 0 Å². The topological polar surface area (TPSA) is 57.6 Å². The molecule has 23 heavy (non-hydrogen) atoms. The van der Waals surface area contributed by atoms with Gasteiger partial charge in [-0.2, -0.15) is 0 Å². The van der Waals surface area contributed by atoms with E-state index in [1.807, 2.05) is 13.8 Å². The third-order valence-corrected chi connectivity index (χ3v) is 5.42. The van der Waals surface area contributed by atoms with Crippen molar-refractivity contribution in [2.24, 2.45) is 11.3 Å². The van der Waals surface area contributed by atoms with Gasteiger partial charge >= 0.3 is 5.97 Å². The molecular formula is C16H19F2NO3S. The number of hydrogen-bond acceptors (Lipinski definition) is 3. The van der Waals surface area contributed by atoms with Crippen LogP contribution in [-0.4, -0.2) is 40.7 Å². The highest BCUT2D eigenvalue weighted by Gasteiger charge is 2.48. The molecule has 1 aliphatic rings. The van der Waals surface area contributed by atoms with Crippen molar-refractivity contribution in [1.82, 2.24) is 4.90 Å². The van der Waals surface area contributed by atoms with Crippen molar-refractivity contribution < 1.29 is 23.5 Å². The van der Waals surface area contributed by atoms with E-state index >= 15 is 0 Å². The summed E-state index contributed by atoms with van der Waals surface area (Å²) in [5.41, 5.74) is -0.900. The number of halogens is 2. The number of carboxylic acids is 1. The van der Waals surface area contributed by atoms with E-state index in [0.29, 0.717) is 17.9 Å². The number of rotatable bonds is 5. The molecule has 1 aliphatic heterocycles. The van der Waals surface area contributed by atoms with Crippen molar-refractivity contribution in [3.05, 3.63) is 29.8 Å². The van der Waals surface area contributed by atoms with Crippen molar-refractivity contribution >= 4 is 23.6 Å². The summed E-state index contributed by atoms with van der Waals surface area (Å²) in [6.45, 7) is 4.29. The van der Waals surface area contributed by atoms with Crippen LogP contribution in [-0.2, 0) is 9.59 Å². The Bertz CT molecular complexity index is 623. The number of benzene rings is 1. The number of nitrogens with zero attached hydrogens (tertiary/aromatic N) is 1. The Kier molecular flexibility index (Phi) is 5.29. The largest absolute Gasteiger partial charge is 0.481 e. The fourth-order valence-corrected chi connectivity index (χ4v) is 3.57. The maximum atomic E-state index is 13.1. The van der Waals surface area contributed by atoms with Crippen molar-refractivity contribution in [1.29, 1.82) is 0 Å². The Labute approximate surface area is 137 Å². The molecule has 1 saturated heterocycles. The zero-order chi connectivity index (χ0) is 17.2. The molecule has 1 N–H and O–H groups in total. The van der Waals surface area contributed by atoms with Gasteiger partial charge in [-0.05, 0) is 30.5 Å². The molecule has 7 heteroatoms. The number of carbonyl (C=O) groups excluding carboxylic acids is 1. The van der Waals surface area contributed by atoms with E-state index in [9.17, 15) is 23.5 Å². The fraction of sp³-hybridized carbons (Fsp3) is 0.500. The standard InChI is InChI=1S/C16H19F2NO3S/c1-10(2)16(15(21)22)5-6-19(9-16)14(20)8-23-11-3-4-12(17)13(18)7-11/h3-4,7,10H,5-6,8-9H2,1-2H3,(H,21,22). The Hall–Kier alpha value is -1.63. The average Bonchev–Trinajstić information content (AvgIpc) is 2.95. The second-order valence-corrected chi connectivity index (χ2v) is 7.09. The summed E-state index contributed by atoms with van der Waals surface area (Å²) in [5.74, 6) is -2.95. The van der Waals surface area contributed by atoms with Gasteiger partial charge in [-0.25, -0.2) is 8.78 Å². The quantitative estimate of drug-likeness (QED) is 0.835. The van der Waals surface area contributed by atoms with Gasteiger partial charge in [0, 0.05) is 18.0 Å². The molecule has 0 radical (unpaired) electrons. The van der Waals surface area contributed by atoms with Gasteiger partial charge in [-0.15, -0.1) is 11.8 Å². The summed E-state index contributed by atoms with van der Waals surface area (Å²) in [5, 5.41) is 9.48. The Morgan fingerprint density at radius 1 is 1.35 bits per heavy atom. The molecule has 0 bridgehead atoms. The number of hydrogen-bond donors (Lipinski definition) is 1. The van der Waals surface area contributed by atoms with Gasteiger partial charge in [0.05, 0.1) is 11.2 Å². The summed E-state index contributed by atoms with van der Waals surface area (Å²) < 4.78 is 26.0. The van der Waals surface area contributed by atoms with Gasteiger partial charge < -0.3 is 10.0 Å². The lowest BCUT2D eigenvalue weighted by Gasteiger charge is -2.28. The van der Waals surface area contributed by atoms with E-state index in [0.717, 1.165) is 23.9 Å². The lowest BCUT2D eigenvalue weighted by Crippen LogP contribution is -2.41. The summed E-state index contributed by atoms with van der Waals surface area (Å²) in [7, 11) is 0. The van der Waals surface area contributed by atoms with Crippen LogP contribution in [0.5, 0.6) is 0 Å². The molecule has 4 nitrogen and oxygen atoms in total. The van der Waals surface area contributed by atoms with Crippen LogP contribution in [0.4, 0.5) is 8.78 Å². The number of carbonyl (C=O) groups is 2. The van der Waals surface area contributed by atoms with E-state index in [1.54, 1.807) is 4.90 Å². The first kappa shape index (κ1) is 17.7. The molecule has 0 aliphatic carbocycles. The minimum atomic E-state index is -0.951. The minimum Gasteiger partial charge on any atom is -0.481 e. The number of thioether (sulfide) groups is 1. The number of carboxylic acid groups (broad SMARTS) is 1. The highest BCUT2D eigenvalue weighted by atomic mass is 32.2. The predicted octanol–water partition coefficient (Wildman–Crippen LogP) is 3.02. The van der Waals surface area contributed by atoms with Crippen LogP contribution in [0, 0.1) is 23.0 Å². The highest BCUT2D eigenvalue weighted by Crippen LogP contribution is 2.38. The van der Waals surface area contributed by atoms with Gasteiger partial charge in [-0.1, -0.05) is 13.8 Å². The van der Waals surface area contributed by atoms with Crippen LogP contribution in [0.1, 0.15) is 20.3 Å². The second kappa shape index (κ2) is 6.86. The zero-order valence-electron chi connectivity index (χ0n) is 13.0. The van der Waals surface area contributed by atoms with Crippen LogP contribution >= 0.6 is 11.8 Å². The van der Waals surface area contributed by atoms with E-state index in [2.05, 4.69) is 0 Å². The molecule has 1 aromatic carbocycles. The first-order chi connectivity index (χ1) is 10.8. The first-order valence-electron chi connectivity index (χ1n) is 7.35. The molecule has 2 rings (SSSR count). The second-order valence-electron chi connectivity index (χ2n) is 6.05. The molecular weight excluding hydrogens is 324 g/mol. The number of aliphatic carboxylic acids is 1. The fourth-order valence-electron chi connectivity index (χ4n) is 2.74. The molecule has 1 unspecified atom stereocenters. The van der Waals surface area contributed by atoms with Gasteiger partial charge in [0.15, 0.2) is 11.6 Å². The van der Waals surface area contributed by atoms with Gasteiger partial charge in [-0.3, -0.25) is 9.59 Å².